The zero-order chi connectivity index (χ0) is 13.6. The number of aliphatic hydroxyl groups excluding tert-OH is 1. The van der Waals surface area contributed by atoms with E-state index in [2.05, 4.69) is 13.2 Å². The predicted octanol–water partition coefficient (Wildman–Crippen LogP) is 2.77. The summed E-state index contributed by atoms with van der Waals surface area (Å²) in [6, 6.07) is 6.59. The summed E-state index contributed by atoms with van der Waals surface area (Å²) in [7, 11) is 0. The lowest BCUT2D eigenvalue weighted by molar-refractivity contribution is 0.0697. The molecule has 1 aromatic carbocycles. The van der Waals surface area contributed by atoms with Crippen LogP contribution in [-0.2, 0) is 5.41 Å². The smallest absolute Gasteiger partial charge is 0.335 e. The van der Waals surface area contributed by atoms with Crippen molar-refractivity contribution < 1.29 is 15.0 Å². The molecule has 0 spiro atoms. The van der Waals surface area contributed by atoms with Crippen LogP contribution in [0, 0.1) is 0 Å². The van der Waals surface area contributed by atoms with Crippen LogP contribution in [0.3, 0.4) is 0 Å². The Morgan fingerprint density at radius 1 is 1.17 bits per heavy atom. The Balaban J connectivity index is 3.15. The van der Waals surface area contributed by atoms with E-state index < -0.39 is 11.4 Å². The van der Waals surface area contributed by atoms with Gasteiger partial charge in [0.05, 0.1) is 12.2 Å². The first-order valence-corrected chi connectivity index (χ1v) is 5.76. The number of allylic oxidation sites excluding steroid dienone is 2. The quantitative estimate of drug-likeness (QED) is 0.727. The molecule has 0 atom stereocenters. The van der Waals surface area contributed by atoms with E-state index in [1.54, 1.807) is 36.4 Å². The van der Waals surface area contributed by atoms with Gasteiger partial charge in [0.2, 0.25) is 0 Å². The van der Waals surface area contributed by atoms with Gasteiger partial charge in [0.25, 0.3) is 0 Å². The molecular weight excluding hydrogens is 228 g/mol. The molecule has 3 heteroatoms. The molecule has 1 rings (SSSR count). The molecule has 0 amide bonds. The average molecular weight is 246 g/mol. The van der Waals surface area contributed by atoms with E-state index in [0.717, 1.165) is 5.56 Å². The summed E-state index contributed by atoms with van der Waals surface area (Å²) >= 11 is 0. The lowest BCUT2D eigenvalue weighted by Crippen LogP contribution is -2.29. The number of aliphatic hydroxyl groups is 1. The Labute approximate surface area is 107 Å². The average Bonchev–Trinajstić information content (AvgIpc) is 2.38. The summed E-state index contributed by atoms with van der Waals surface area (Å²) in [5.74, 6) is -0.955. The molecular formula is C15H18O3. The molecule has 0 aliphatic carbocycles. The molecule has 0 unspecified atom stereocenters. The van der Waals surface area contributed by atoms with Crippen molar-refractivity contribution in [3.63, 3.8) is 0 Å². The van der Waals surface area contributed by atoms with Crippen molar-refractivity contribution in [3.8, 4) is 0 Å². The van der Waals surface area contributed by atoms with Gasteiger partial charge in [-0.3, -0.25) is 0 Å². The van der Waals surface area contributed by atoms with Crippen molar-refractivity contribution in [2.45, 2.75) is 18.3 Å². The standard InChI is InChI=1S/C15H18O3/c1-3-9-15(11-16,10-4-2)13-7-5-12(6-8-13)14(17)18/h3-8,16H,1-2,9-11H2,(H,17,18). The summed E-state index contributed by atoms with van der Waals surface area (Å²) in [6.07, 6.45) is 4.74. The molecule has 2 N–H and O–H groups in total. The third-order valence-electron chi connectivity index (χ3n) is 3.12. The molecule has 0 fully saturated rings. The summed E-state index contributed by atoms with van der Waals surface area (Å²) in [5, 5.41) is 18.5. The number of hydrogen-bond acceptors (Lipinski definition) is 2. The van der Waals surface area contributed by atoms with Gasteiger partial charge in [-0.1, -0.05) is 24.3 Å². The van der Waals surface area contributed by atoms with Gasteiger partial charge in [0, 0.05) is 5.41 Å². The molecule has 0 saturated carbocycles. The second-order valence-corrected chi connectivity index (χ2v) is 4.31. The first kappa shape index (κ1) is 14.2. The lowest BCUT2D eigenvalue weighted by Gasteiger charge is -2.30. The van der Waals surface area contributed by atoms with Gasteiger partial charge in [-0.15, -0.1) is 13.2 Å². The van der Waals surface area contributed by atoms with Gasteiger partial charge in [-0.05, 0) is 30.5 Å². The molecule has 0 radical (unpaired) electrons. The van der Waals surface area contributed by atoms with Crippen molar-refractivity contribution in [1.82, 2.24) is 0 Å². The van der Waals surface area contributed by atoms with Crippen LogP contribution in [0.25, 0.3) is 0 Å². The van der Waals surface area contributed by atoms with E-state index in [0.29, 0.717) is 12.8 Å². The van der Waals surface area contributed by atoms with Crippen LogP contribution in [-0.4, -0.2) is 22.8 Å². The van der Waals surface area contributed by atoms with Crippen LogP contribution in [0.2, 0.25) is 0 Å². The van der Waals surface area contributed by atoms with Crippen molar-refractivity contribution >= 4 is 5.97 Å². The predicted molar refractivity (Wildman–Crippen MR) is 71.8 cm³/mol. The number of hydrogen-bond donors (Lipinski definition) is 2. The Bertz CT molecular complexity index is 422. The van der Waals surface area contributed by atoms with E-state index in [1.165, 1.54) is 0 Å². The monoisotopic (exact) mass is 246 g/mol. The molecule has 18 heavy (non-hydrogen) atoms. The molecule has 0 aliphatic rings. The first-order valence-electron chi connectivity index (χ1n) is 5.76. The molecule has 0 bridgehead atoms. The number of carbonyl (C=O) groups is 1. The minimum absolute atomic E-state index is 0.0303. The fourth-order valence-corrected chi connectivity index (χ4v) is 2.06. The van der Waals surface area contributed by atoms with Gasteiger partial charge in [0.1, 0.15) is 0 Å². The van der Waals surface area contributed by atoms with Crippen LogP contribution < -0.4 is 0 Å². The summed E-state index contributed by atoms with van der Waals surface area (Å²) < 4.78 is 0. The molecule has 96 valence electrons. The van der Waals surface area contributed by atoms with E-state index in [4.69, 9.17) is 5.11 Å². The number of carboxylic acids is 1. The largest absolute Gasteiger partial charge is 0.478 e. The van der Waals surface area contributed by atoms with Crippen LogP contribution in [0.5, 0.6) is 0 Å². The highest BCUT2D eigenvalue weighted by Crippen LogP contribution is 2.32. The third kappa shape index (κ3) is 2.87. The SMILES string of the molecule is C=CCC(CO)(CC=C)c1ccc(C(=O)O)cc1. The van der Waals surface area contributed by atoms with Crippen LogP contribution in [0.4, 0.5) is 0 Å². The fraction of sp³-hybridized carbons (Fsp3) is 0.267. The second-order valence-electron chi connectivity index (χ2n) is 4.31. The molecule has 0 heterocycles. The van der Waals surface area contributed by atoms with Gasteiger partial charge in [0.15, 0.2) is 0 Å². The van der Waals surface area contributed by atoms with Gasteiger partial charge in [-0.25, -0.2) is 4.79 Å². The van der Waals surface area contributed by atoms with Crippen LogP contribution in [0.1, 0.15) is 28.8 Å². The van der Waals surface area contributed by atoms with Gasteiger partial charge >= 0.3 is 5.97 Å². The number of aromatic carboxylic acids is 1. The van der Waals surface area contributed by atoms with Crippen molar-refractivity contribution in [2.75, 3.05) is 6.61 Å². The Hall–Kier alpha value is -1.87. The molecule has 3 nitrogen and oxygen atoms in total. The first-order chi connectivity index (χ1) is 8.59. The summed E-state index contributed by atoms with van der Waals surface area (Å²) in [5.41, 5.74) is 0.679. The molecule has 0 aromatic heterocycles. The van der Waals surface area contributed by atoms with Crippen molar-refractivity contribution in [2.24, 2.45) is 0 Å². The van der Waals surface area contributed by atoms with Crippen molar-refractivity contribution in [1.29, 1.82) is 0 Å². The maximum atomic E-state index is 10.8. The van der Waals surface area contributed by atoms with Gasteiger partial charge < -0.3 is 10.2 Å². The highest BCUT2D eigenvalue weighted by molar-refractivity contribution is 5.87. The Morgan fingerprint density at radius 3 is 2.00 bits per heavy atom. The fourth-order valence-electron chi connectivity index (χ4n) is 2.06. The molecule has 0 aliphatic heterocycles. The zero-order valence-corrected chi connectivity index (χ0v) is 10.3. The number of benzene rings is 1. The van der Waals surface area contributed by atoms with Gasteiger partial charge in [-0.2, -0.15) is 0 Å². The van der Waals surface area contributed by atoms with E-state index in [-0.39, 0.29) is 12.2 Å². The Kier molecular flexibility index (Phi) is 4.86. The van der Waals surface area contributed by atoms with E-state index >= 15 is 0 Å². The van der Waals surface area contributed by atoms with Crippen LogP contribution >= 0.6 is 0 Å². The molecule has 0 saturated heterocycles. The zero-order valence-electron chi connectivity index (χ0n) is 10.3. The lowest BCUT2D eigenvalue weighted by atomic mass is 9.75. The minimum Gasteiger partial charge on any atom is -0.478 e. The van der Waals surface area contributed by atoms with E-state index in [1.807, 2.05) is 0 Å². The van der Waals surface area contributed by atoms with E-state index in [9.17, 15) is 9.90 Å². The minimum atomic E-state index is -0.955. The normalized spacial score (nSPS) is 10.9. The molecule has 1 aromatic rings. The highest BCUT2D eigenvalue weighted by atomic mass is 16.4. The highest BCUT2D eigenvalue weighted by Gasteiger charge is 2.29. The maximum Gasteiger partial charge on any atom is 0.335 e. The van der Waals surface area contributed by atoms with Crippen LogP contribution in [0.15, 0.2) is 49.6 Å². The van der Waals surface area contributed by atoms with Crippen molar-refractivity contribution in [3.05, 3.63) is 60.7 Å². The number of carboxylic acid groups (broad SMARTS) is 1. The summed E-state index contributed by atoms with van der Waals surface area (Å²) in [6.45, 7) is 7.38. The second kappa shape index (κ2) is 6.17. The summed E-state index contributed by atoms with van der Waals surface area (Å²) in [4.78, 5) is 10.8. The topological polar surface area (TPSA) is 57.5 Å². The third-order valence-corrected chi connectivity index (χ3v) is 3.12. The number of rotatable bonds is 7. The maximum absolute atomic E-state index is 10.8. The Morgan fingerprint density at radius 2 is 1.67 bits per heavy atom.